The molecule has 0 aromatic rings. The van der Waals surface area contributed by atoms with Gasteiger partial charge in [0.05, 0.1) is 0 Å². The third-order valence-electron chi connectivity index (χ3n) is 7.76. The standard InChI is InChI=1S/C26H55N/c1-9-11-13-15-16-17-19-21-23-27-26(7,8)25(5,6)24(3,4)22-20-18-14-12-10-2/h27H,9-23H2,1-8H3. The van der Waals surface area contributed by atoms with Gasteiger partial charge in [-0.2, -0.15) is 0 Å². The fraction of sp³-hybridized carbons (Fsp3) is 1.00. The Labute approximate surface area is 173 Å². The molecule has 0 unspecified atom stereocenters. The molecule has 0 saturated carbocycles. The molecule has 1 heteroatoms. The van der Waals surface area contributed by atoms with E-state index in [0.29, 0.717) is 5.41 Å². The van der Waals surface area contributed by atoms with E-state index in [1.807, 2.05) is 0 Å². The number of unbranched alkanes of at least 4 members (excludes halogenated alkanes) is 11. The molecular weight excluding hydrogens is 326 g/mol. The van der Waals surface area contributed by atoms with Crippen LogP contribution in [0.3, 0.4) is 0 Å². The summed E-state index contributed by atoms with van der Waals surface area (Å²) in [4.78, 5) is 0. The number of hydrogen-bond acceptors (Lipinski definition) is 1. The summed E-state index contributed by atoms with van der Waals surface area (Å²) >= 11 is 0. The Balaban J connectivity index is 4.19. The average Bonchev–Trinajstić information content (AvgIpc) is 2.59. The second kappa shape index (κ2) is 14.0. The van der Waals surface area contributed by atoms with Gasteiger partial charge in [0.1, 0.15) is 0 Å². The highest BCUT2D eigenvalue weighted by molar-refractivity contribution is 5.01. The molecule has 0 fully saturated rings. The highest BCUT2D eigenvalue weighted by atomic mass is 15.0. The predicted molar refractivity (Wildman–Crippen MR) is 126 cm³/mol. The average molecular weight is 382 g/mol. The van der Waals surface area contributed by atoms with Crippen molar-refractivity contribution in [2.45, 2.75) is 151 Å². The molecule has 0 rings (SSSR count). The normalized spacial score (nSPS) is 13.3. The van der Waals surface area contributed by atoms with Gasteiger partial charge in [-0.1, -0.05) is 119 Å². The zero-order valence-corrected chi connectivity index (χ0v) is 20.6. The Morgan fingerprint density at radius 1 is 0.519 bits per heavy atom. The Kier molecular flexibility index (Phi) is 14.0. The Hall–Kier alpha value is -0.0400. The van der Waals surface area contributed by atoms with E-state index >= 15 is 0 Å². The highest BCUT2D eigenvalue weighted by Gasteiger charge is 2.46. The number of nitrogens with one attached hydrogen (secondary N) is 1. The van der Waals surface area contributed by atoms with Crippen molar-refractivity contribution in [3.8, 4) is 0 Å². The Morgan fingerprint density at radius 3 is 1.41 bits per heavy atom. The van der Waals surface area contributed by atoms with Gasteiger partial charge in [0.25, 0.3) is 0 Å². The molecule has 0 heterocycles. The van der Waals surface area contributed by atoms with Crippen LogP contribution < -0.4 is 5.32 Å². The minimum atomic E-state index is 0.168. The van der Waals surface area contributed by atoms with Gasteiger partial charge in [0, 0.05) is 5.54 Å². The summed E-state index contributed by atoms with van der Waals surface area (Å²) in [5.41, 5.74) is 0.793. The molecule has 0 aliphatic rings. The molecule has 0 aliphatic heterocycles. The second-order valence-electron chi connectivity index (χ2n) is 10.7. The maximum atomic E-state index is 3.93. The first kappa shape index (κ1) is 27.0. The molecule has 1 nitrogen and oxygen atoms in total. The minimum absolute atomic E-state index is 0.168. The van der Waals surface area contributed by atoms with Crippen molar-refractivity contribution in [1.29, 1.82) is 0 Å². The maximum absolute atomic E-state index is 3.93. The van der Waals surface area contributed by atoms with Gasteiger partial charge in [0.15, 0.2) is 0 Å². The summed E-state index contributed by atoms with van der Waals surface area (Å²) < 4.78 is 0. The topological polar surface area (TPSA) is 12.0 Å². The summed E-state index contributed by atoms with van der Waals surface area (Å²) in [6, 6.07) is 0. The molecule has 0 aromatic heterocycles. The lowest BCUT2D eigenvalue weighted by Gasteiger charge is -2.53. The van der Waals surface area contributed by atoms with Crippen molar-refractivity contribution in [3.05, 3.63) is 0 Å². The summed E-state index contributed by atoms with van der Waals surface area (Å²) in [5, 5.41) is 3.93. The van der Waals surface area contributed by atoms with Crippen LogP contribution in [0.25, 0.3) is 0 Å². The van der Waals surface area contributed by atoms with Crippen molar-refractivity contribution in [1.82, 2.24) is 5.32 Å². The zero-order chi connectivity index (χ0) is 20.8. The fourth-order valence-electron chi connectivity index (χ4n) is 4.21. The van der Waals surface area contributed by atoms with Gasteiger partial charge in [-0.25, -0.2) is 0 Å². The van der Waals surface area contributed by atoms with Crippen LogP contribution >= 0.6 is 0 Å². The smallest absolute Gasteiger partial charge is 0.0181 e. The molecule has 27 heavy (non-hydrogen) atoms. The lowest BCUT2D eigenvalue weighted by molar-refractivity contribution is 0.00552. The maximum Gasteiger partial charge on any atom is 0.0181 e. The van der Waals surface area contributed by atoms with Crippen LogP contribution in [0.4, 0.5) is 0 Å². The van der Waals surface area contributed by atoms with E-state index in [4.69, 9.17) is 0 Å². The summed E-state index contributed by atoms with van der Waals surface area (Å²) in [7, 11) is 0. The van der Waals surface area contributed by atoms with Crippen LogP contribution in [0, 0.1) is 10.8 Å². The minimum Gasteiger partial charge on any atom is -0.311 e. The van der Waals surface area contributed by atoms with Crippen molar-refractivity contribution in [2.75, 3.05) is 6.54 Å². The van der Waals surface area contributed by atoms with Crippen LogP contribution in [-0.4, -0.2) is 12.1 Å². The molecule has 0 spiro atoms. The van der Waals surface area contributed by atoms with Crippen molar-refractivity contribution in [2.24, 2.45) is 10.8 Å². The van der Waals surface area contributed by atoms with Crippen molar-refractivity contribution < 1.29 is 0 Å². The molecule has 0 saturated heterocycles. The molecule has 1 N–H and O–H groups in total. The summed E-state index contributed by atoms with van der Waals surface area (Å²) in [6.45, 7) is 20.6. The van der Waals surface area contributed by atoms with Crippen LogP contribution in [-0.2, 0) is 0 Å². The molecular formula is C26H55N. The summed E-state index contributed by atoms with van der Waals surface area (Å²) in [5.74, 6) is 0. The van der Waals surface area contributed by atoms with E-state index in [1.54, 1.807) is 0 Å². The number of rotatable bonds is 18. The van der Waals surface area contributed by atoms with Gasteiger partial charge in [-0.05, 0) is 44.1 Å². The third-order valence-corrected chi connectivity index (χ3v) is 7.76. The first-order valence-corrected chi connectivity index (χ1v) is 12.4. The summed E-state index contributed by atoms with van der Waals surface area (Å²) in [6.07, 6.45) is 19.5. The van der Waals surface area contributed by atoms with Crippen LogP contribution in [0.5, 0.6) is 0 Å². The molecule has 164 valence electrons. The van der Waals surface area contributed by atoms with E-state index in [2.05, 4.69) is 60.7 Å². The Bertz CT molecular complexity index is 340. The SMILES string of the molecule is CCCCCCCCCCNC(C)(C)C(C)(C)C(C)(C)CCCCCCC. The molecule has 0 aromatic carbocycles. The fourth-order valence-corrected chi connectivity index (χ4v) is 4.21. The molecule has 0 amide bonds. The quantitative estimate of drug-likeness (QED) is 0.234. The molecule has 0 bridgehead atoms. The lowest BCUT2D eigenvalue weighted by Crippen LogP contribution is -2.57. The van der Waals surface area contributed by atoms with Crippen molar-refractivity contribution >= 4 is 0 Å². The monoisotopic (exact) mass is 381 g/mol. The van der Waals surface area contributed by atoms with Crippen LogP contribution in [0.1, 0.15) is 145 Å². The molecule has 0 aliphatic carbocycles. The Morgan fingerprint density at radius 2 is 0.926 bits per heavy atom. The predicted octanol–water partition coefficient (Wildman–Crippen LogP) is 8.91. The van der Waals surface area contributed by atoms with Gasteiger partial charge in [-0.3, -0.25) is 0 Å². The van der Waals surface area contributed by atoms with Gasteiger partial charge in [0.2, 0.25) is 0 Å². The van der Waals surface area contributed by atoms with Crippen LogP contribution in [0.15, 0.2) is 0 Å². The zero-order valence-electron chi connectivity index (χ0n) is 20.6. The molecule has 0 radical (unpaired) electrons. The van der Waals surface area contributed by atoms with Crippen molar-refractivity contribution in [3.63, 3.8) is 0 Å². The molecule has 0 atom stereocenters. The van der Waals surface area contributed by atoms with E-state index < -0.39 is 0 Å². The van der Waals surface area contributed by atoms with Crippen LogP contribution in [0.2, 0.25) is 0 Å². The largest absolute Gasteiger partial charge is 0.311 e. The second-order valence-corrected chi connectivity index (χ2v) is 10.7. The van der Waals surface area contributed by atoms with E-state index in [0.717, 1.165) is 6.54 Å². The third kappa shape index (κ3) is 10.3. The van der Waals surface area contributed by atoms with E-state index in [1.165, 1.54) is 89.9 Å². The van der Waals surface area contributed by atoms with E-state index in [-0.39, 0.29) is 11.0 Å². The number of hydrogen-bond donors (Lipinski definition) is 1. The first-order chi connectivity index (χ1) is 12.6. The highest BCUT2D eigenvalue weighted by Crippen LogP contribution is 2.49. The van der Waals surface area contributed by atoms with Gasteiger partial charge < -0.3 is 5.32 Å². The van der Waals surface area contributed by atoms with Gasteiger partial charge in [-0.15, -0.1) is 0 Å². The lowest BCUT2D eigenvalue weighted by atomic mass is 9.57. The first-order valence-electron chi connectivity index (χ1n) is 12.4. The van der Waals surface area contributed by atoms with E-state index in [9.17, 15) is 0 Å². The van der Waals surface area contributed by atoms with Gasteiger partial charge >= 0.3 is 0 Å².